The zero-order valence-corrected chi connectivity index (χ0v) is 12.9. The van der Waals surface area contributed by atoms with Crippen LogP contribution in [0.4, 0.5) is 0 Å². The molecular weight excluding hydrogens is 270 g/mol. The van der Waals surface area contributed by atoms with Gasteiger partial charge in [0, 0.05) is 13.0 Å². The van der Waals surface area contributed by atoms with Gasteiger partial charge in [-0.25, -0.2) is 4.79 Å². The van der Waals surface area contributed by atoms with E-state index in [0.29, 0.717) is 26.0 Å². The van der Waals surface area contributed by atoms with Crippen LogP contribution in [-0.4, -0.2) is 36.6 Å². The number of rotatable bonds is 6. The van der Waals surface area contributed by atoms with Crippen LogP contribution in [0.15, 0.2) is 30.3 Å². The fourth-order valence-electron chi connectivity index (χ4n) is 2.71. The lowest BCUT2D eigenvalue weighted by molar-refractivity contribution is -0.256. The van der Waals surface area contributed by atoms with E-state index >= 15 is 0 Å². The van der Waals surface area contributed by atoms with Gasteiger partial charge in [-0.3, -0.25) is 4.84 Å². The normalized spacial score (nSPS) is 26.0. The molecular formula is C16H23NO4. The van der Waals surface area contributed by atoms with Crippen LogP contribution in [0.1, 0.15) is 32.3 Å². The van der Waals surface area contributed by atoms with Gasteiger partial charge >= 0.3 is 5.97 Å². The second kappa shape index (κ2) is 7.02. The van der Waals surface area contributed by atoms with E-state index in [-0.39, 0.29) is 5.97 Å². The van der Waals surface area contributed by atoms with Crippen LogP contribution in [-0.2, 0) is 25.7 Å². The van der Waals surface area contributed by atoms with Crippen molar-refractivity contribution in [3.05, 3.63) is 35.9 Å². The van der Waals surface area contributed by atoms with Crippen molar-refractivity contribution in [3.8, 4) is 0 Å². The summed E-state index contributed by atoms with van der Waals surface area (Å²) in [5.74, 6) is -0.275. The second-order valence-electron chi connectivity index (χ2n) is 5.09. The summed E-state index contributed by atoms with van der Waals surface area (Å²) in [5.41, 5.74) is 0.293. The molecule has 0 amide bonds. The quantitative estimate of drug-likeness (QED) is 0.754. The molecule has 1 aliphatic rings. The lowest BCUT2D eigenvalue weighted by atomic mass is 9.92. The molecule has 0 radical (unpaired) electrons. The number of esters is 1. The fraction of sp³-hybridized carbons (Fsp3) is 0.562. The van der Waals surface area contributed by atoms with Crippen molar-refractivity contribution >= 4 is 5.97 Å². The molecule has 1 fully saturated rings. The van der Waals surface area contributed by atoms with Crippen LogP contribution >= 0.6 is 0 Å². The molecule has 1 aromatic rings. The SMILES string of the molecule is CCO[C@@H]1C[C@@](CC)(C(=O)OC)N(Cc2ccccc2)O1. The second-order valence-corrected chi connectivity index (χ2v) is 5.09. The van der Waals surface area contributed by atoms with Crippen molar-refractivity contribution in [2.24, 2.45) is 0 Å². The Morgan fingerprint density at radius 1 is 1.38 bits per heavy atom. The number of hydrogen-bond donors (Lipinski definition) is 0. The van der Waals surface area contributed by atoms with Crippen LogP contribution in [0, 0.1) is 0 Å². The third-order valence-corrected chi connectivity index (χ3v) is 3.90. The molecule has 116 valence electrons. The number of carbonyl (C=O) groups excluding carboxylic acids is 1. The van der Waals surface area contributed by atoms with E-state index in [9.17, 15) is 4.79 Å². The highest BCUT2D eigenvalue weighted by Gasteiger charge is 2.53. The van der Waals surface area contributed by atoms with Crippen molar-refractivity contribution in [2.45, 2.75) is 45.1 Å². The molecule has 2 atom stereocenters. The van der Waals surface area contributed by atoms with Gasteiger partial charge in [0.25, 0.3) is 0 Å². The minimum Gasteiger partial charge on any atom is -0.468 e. The first-order valence-corrected chi connectivity index (χ1v) is 7.34. The number of ether oxygens (including phenoxy) is 2. The van der Waals surface area contributed by atoms with Crippen LogP contribution in [0.5, 0.6) is 0 Å². The Hall–Kier alpha value is -1.43. The van der Waals surface area contributed by atoms with Crippen molar-refractivity contribution < 1.29 is 19.1 Å². The molecule has 0 aromatic heterocycles. The number of nitrogens with zero attached hydrogens (tertiary/aromatic N) is 1. The van der Waals surface area contributed by atoms with E-state index in [1.807, 2.05) is 44.2 Å². The standard InChI is InChI=1S/C16H23NO4/c1-4-16(15(18)19-3)11-14(20-5-2)21-17(16)12-13-9-7-6-8-10-13/h6-10,14H,4-5,11-12H2,1-3H3/t14-,16-/m0/s1. The summed E-state index contributed by atoms with van der Waals surface area (Å²) in [6.45, 7) is 4.94. The molecule has 1 saturated heterocycles. The number of methoxy groups -OCH3 is 1. The van der Waals surface area contributed by atoms with Gasteiger partial charge in [-0.2, -0.15) is 5.06 Å². The molecule has 21 heavy (non-hydrogen) atoms. The van der Waals surface area contributed by atoms with Crippen molar-refractivity contribution in [1.29, 1.82) is 0 Å². The maximum absolute atomic E-state index is 12.3. The topological polar surface area (TPSA) is 48.0 Å². The molecule has 0 N–H and O–H groups in total. The Morgan fingerprint density at radius 2 is 2.10 bits per heavy atom. The maximum atomic E-state index is 12.3. The molecule has 0 spiro atoms. The van der Waals surface area contributed by atoms with Gasteiger partial charge in [0.05, 0.1) is 13.7 Å². The third kappa shape index (κ3) is 3.26. The predicted octanol–water partition coefficient (Wildman–Crippen LogP) is 2.51. The van der Waals surface area contributed by atoms with Gasteiger partial charge in [-0.05, 0) is 18.9 Å². The van der Waals surface area contributed by atoms with E-state index in [1.54, 1.807) is 5.06 Å². The fourth-order valence-corrected chi connectivity index (χ4v) is 2.71. The molecule has 1 aliphatic heterocycles. The summed E-state index contributed by atoms with van der Waals surface area (Å²) in [4.78, 5) is 18.2. The Kier molecular flexibility index (Phi) is 5.33. The monoisotopic (exact) mass is 293 g/mol. The molecule has 0 aliphatic carbocycles. The Balaban J connectivity index is 2.23. The third-order valence-electron chi connectivity index (χ3n) is 3.90. The summed E-state index contributed by atoms with van der Waals surface area (Å²) >= 11 is 0. The van der Waals surface area contributed by atoms with Crippen LogP contribution in [0.3, 0.4) is 0 Å². The average Bonchev–Trinajstić information content (AvgIpc) is 2.86. The minimum absolute atomic E-state index is 0.275. The minimum atomic E-state index is -0.787. The summed E-state index contributed by atoms with van der Waals surface area (Å²) < 4.78 is 10.6. The van der Waals surface area contributed by atoms with Crippen LogP contribution < -0.4 is 0 Å². The zero-order valence-electron chi connectivity index (χ0n) is 12.9. The van der Waals surface area contributed by atoms with E-state index in [0.717, 1.165) is 5.56 Å². The molecule has 0 bridgehead atoms. The first-order valence-electron chi connectivity index (χ1n) is 7.34. The van der Waals surface area contributed by atoms with Crippen LogP contribution in [0.25, 0.3) is 0 Å². The largest absolute Gasteiger partial charge is 0.468 e. The van der Waals surface area contributed by atoms with E-state index in [2.05, 4.69) is 0 Å². The van der Waals surface area contributed by atoms with Crippen LogP contribution in [0.2, 0.25) is 0 Å². The molecule has 0 unspecified atom stereocenters. The molecule has 2 rings (SSSR count). The van der Waals surface area contributed by atoms with E-state index < -0.39 is 11.8 Å². The first-order chi connectivity index (χ1) is 10.2. The molecule has 1 heterocycles. The van der Waals surface area contributed by atoms with Gasteiger partial charge in [-0.1, -0.05) is 37.3 Å². The number of carbonyl (C=O) groups is 1. The Morgan fingerprint density at radius 3 is 2.67 bits per heavy atom. The average molecular weight is 293 g/mol. The van der Waals surface area contributed by atoms with Gasteiger partial charge in [0.1, 0.15) is 5.54 Å². The summed E-state index contributed by atoms with van der Waals surface area (Å²) in [5, 5.41) is 1.72. The lowest BCUT2D eigenvalue weighted by Gasteiger charge is -2.32. The van der Waals surface area contributed by atoms with Crippen molar-refractivity contribution in [2.75, 3.05) is 13.7 Å². The predicted molar refractivity (Wildman–Crippen MR) is 78.1 cm³/mol. The Bertz CT molecular complexity index is 465. The maximum Gasteiger partial charge on any atom is 0.328 e. The highest BCUT2D eigenvalue weighted by molar-refractivity contribution is 5.80. The van der Waals surface area contributed by atoms with E-state index in [4.69, 9.17) is 14.3 Å². The van der Waals surface area contributed by atoms with Crippen molar-refractivity contribution in [1.82, 2.24) is 5.06 Å². The smallest absolute Gasteiger partial charge is 0.328 e. The van der Waals surface area contributed by atoms with Crippen molar-refractivity contribution in [3.63, 3.8) is 0 Å². The summed E-state index contributed by atoms with van der Waals surface area (Å²) in [6, 6.07) is 9.92. The van der Waals surface area contributed by atoms with Gasteiger partial charge < -0.3 is 9.47 Å². The summed E-state index contributed by atoms with van der Waals surface area (Å²) in [6.07, 6.45) is 0.685. The number of benzene rings is 1. The van der Waals surface area contributed by atoms with E-state index in [1.165, 1.54) is 7.11 Å². The Labute approximate surface area is 125 Å². The molecule has 1 aromatic carbocycles. The lowest BCUT2D eigenvalue weighted by Crippen LogP contribution is -2.49. The highest BCUT2D eigenvalue weighted by atomic mass is 16.8. The summed E-state index contributed by atoms with van der Waals surface area (Å²) in [7, 11) is 1.41. The zero-order chi connectivity index (χ0) is 15.3. The van der Waals surface area contributed by atoms with Gasteiger partial charge in [0.2, 0.25) is 0 Å². The number of hydrogen-bond acceptors (Lipinski definition) is 5. The molecule has 0 saturated carbocycles. The molecule has 5 heteroatoms. The molecule has 5 nitrogen and oxygen atoms in total. The van der Waals surface area contributed by atoms with Gasteiger partial charge in [-0.15, -0.1) is 0 Å². The first kappa shape index (κ1) is 15.9. The van der Waals surface area contributed by atoms with Gasteiger partial charge in [0.15, 0.2) is 6.29 Å². The number of hydroxylamine groups is 2. The highest BCUT2D eigenvalue weighted by Crippen LogP contribution is 2.37.